The fourth-order valence-electron chi connectivity index (χ4n) is 2.67. The van der Waals surface area contributed by atoms with Crippen LogP contribution in [0.25, 0.3) is 22.2 Å². The van der Waals surface area contributed by atoms with E-state index in [4.69, 9.17) is 11.6 Å². The van der Waals surface area contributed by atoms with Gasteiger partial charge in [0.15, 0.2) is 6.29 Å². The van der Waals surface area contributed by atoms with Gasteiger partial charge >= 0.3 is 0 Å². The Morgan fingerprint density at radius 1 is 1.00 bits per heavy atom. The predicted molar refractivity (Wildman–Crippen MR) is 88.3 cm³/mol. The van der Waals surface area contributed by atoms with Crippen LogP contribution in [0.2, 0.25) is 5.02 Å². The van der Waals surface area contributed by atoms with Crippen LogP contribution < -0.4 is 0 Å². The van der Waals surface area contributed by atoms with E-state index in [0.29, 0.717) is 10.6 Å². The van der Waals surface area contributed by atoms with Gasteiger partial charge in [-0.05, 0) is 55.2 Å². The van der Waals surface area contributed by atoms with E-state index in [2.05, 4.69) is 31.0 Å². The molecular formula is C18H16ClNO. The van der Waals surface area contributed by atoms with Crippen LogP contribution >= 0.6 is 11.6 Å². The van der Waals surface area contributed by atoms with Crippen LogP contribution in [0.3, 0.4) is 0 Å². The SMILES string of the molecule is Cc1ccc(-c2[nH]c3c(C)ccc(Cl)c3c2C=O)cc1C. The Morgan fingerprint density at radius 2 is 1.71 bits per heavy atom. The zero-order valence-electron chi connectivity index (χ0n) is 12.3. The van der Waals surface area contributed by atoms with Crippen molar-refractivity contribution in [3.8, 4) is 11.3 Å². The molecule has 0 unspecified atom stereocenters. The summed E-state index contributed by atoms with van der Waals surface area (Å²) in [6.07, 6.45) is 0.884. The summed E-state index contributed by atoms with van der Waals surface area (Å²) in [5, 5.41) is 1.41. The highest BCUT2D eigenvalue weighted by Crippen LogP contribution is 2.35. The van der Waals surface area contributed by atoms with Crippen molar-refractivity contribution in [2.75, 3.05) is 0 Å². The van der Waals surface area contributed by atoms with Gasteiger partial charge in [0.1, 0.15) is 0 Å². The smallest absolute Gasteiger partial charge is 0.152 e. The first kappa shape index (κ1) is 13.9. The first-order valence-electron chi connectivity index (χ1n) is 6.86. The first-order chi connectivity index (χ1) is 10.0. The molecule has 1 aromatic heterocycles. The van der Waals surface area contributed by atoms with E-state index >= 15 is 0 Å². The molecule has 0 aliphatic carbocycles. The molecule has 2 nitrogen and oxygen atoms in total. The molecular weight excluding hydrogens is 282 g/mol. The molecule has 0 bridgehead atoms. The molecule has 1 heterocycles. The van der Waals surface area contributed by atoms with Crippen molar-refractivity contribution in [1.82, 2.24) is 4.98 Å². The maximum absolute atomic E-state index is 11.6. The monoisotopic (exact) mass is 297 g/mol. The number of carbonyl (C=O) groups excluding carboxylic acids is 1. The van der Waals surface area contributed by atoms with Crippen LogP contribution in [0.4, 0.5) is 0 Å². The number of aromatic amines is 1. The fourth-order valence-corrected chi connectivity index (χ4v) is 2.92. The van der Waals surface area contributed by atoms with Gasteiger partial charge in [0.2, 0.25) is 0 Å². The standard InChI is InChI=1S/C18H16ClNO/c1-10-4-6-13(8-12(10)3)18-14(9-21)16-15(19)7-5-11(2)17(16)20-18/h4-9,20H,1-3H3. The molecule has 21 heavy (non-hydrogen) atoms. The zero-order valence-corrected chi connectivity index (χ0v) is 13.0. The van der Waals surface area contributed by atoms with E-state index < -0.39 is 0 Å². The number of H-pyrrole nitrogens is 1. The van der Waals surface area contributed by atoms with Crippen LogP contribution in [0.15, 0.2) is 30.3 Å². The molecule has 3 heteroatoms. The number of carbonyl (C=O) groups is 1. The topological polar surface area (TPSA) is 32.9 Å². The summed E-state index contributed by atoms with van der Waals surface area (Å²) in [6, 6.07) is 9.99. The second-order valence-electron chi connectivity index (χ2n) is 5.44. The number of halogens is 1. The summed E-state index contributed by atoms with van der Waals surface area (Å²) in [7, 11) is 0. The maximum atomic E-state index is 11.6. The van der Waals surface area contributed by atoms with Crippen molar-refractivity contribution in [2.45, 2.75) is 20.8 Å². The maximum Gasteiger partial charge on any atom is 0.152 e. The molecule has 0 amide bonds. The number of hydrogen-bond acceptors (Lipinski definition) is 1. The molecule has 0 atom stereocenters. The van der Waals surface area contributed by atoms with Crippen LogP contribution in [0.5, 0.6) is 0 Å². The number of nitrogens with one attached hydrogen (secondary N) is 1. The third kappa shape index (κ3) is 2.16. The van der Waals surface area contributed by atoms with E-state index in [1.54, 1.807) is 0 Å². The summed E-state index contributed by atoms with van der Waals surface area (Å²) >= 11 is 6.29. The molecule has 0 aliphatic rings. The van der Waals surface area contributed by atoms with E-state index in [-0.39, 0.29) is 0 Å². The normalized spacial score (nSPS) is 11.0. The van der Waals surface area contributed by atoms with E-state index in [1.165, 1.54) is 11.1 Å². The number of hydrogen-bond donors (Lipinski definition) is 1. The average molecular weight is 298 g/mol. The summed E-state index contributed by atoms with van der Waals surface area (Å²) in [4.78, 5) is 15.0. The highest BCUT2D eigenvalue weighted by molar-refractivity contribution is 6.37. The lowest BCUT2D eigenvalue weighted by Gasteiger charge is -2.04. The molecule has 0 saturated heterocycles. The van der Waals surface area contributed by atoms with Gasteiger partial charge in [0.05, 0.1) is 16.2 Å². The zero-order chi connectivity index (χ0) is 15.1. The number of benzene rings is 2. The van der Waals surface area contributed by atoms with Crippen LogP contribution in [-0.4, -0.2) is 11.3 Å². The Labute approximate surface area is 128 Å². The molecule has 0 radical (unpaired) electrons. The van der Waals surface area contributed by atoms with Gasteiger partial charge in [-0.1, -0.05) is 29.8 Å². The second kappa shape index (κ2) is 5.05. The lowest BCUT2D eigenvalue weighted by molar-refractivity contribution is 0.112. The second-order valence-corrected chi connectivity index (χ2v) is 5.85. The molecule has 3 aromatic rings. The van der Waals surface area contributed by atoms with E-state index in [1.807, 2.05) is 25.1 Å². The van der Waals surface area contributed by atoms with Gasteiger partial charge in [0.25, 0.3) is 0 Å². The summed E-state index contributed by atoms with van der Waals surface area (Å²) < 4.78 is 0. The summed E-state index contributed by atoms with van der Waals surface area (Å²) in [5.41, 5.74) is 6.90. The molecule has 0 fully saturated rings. The molecule has 2 aromatic carbocycles. The molecule has 1 N–H and O–H groups in total. The van der Waals surface area contributed by atoms with Crippen molar-refractivity contribution >= 4 is 28.8 Å². The van der Waals surface area contributed by atoms with Crippen LogP contribution in [0, 0.1) is 20.8 Å². The van der Waals surface area contributed by atoms with Crippen LogP contribution in [0.1, 0.15) is 27.0 Å². The third-order valence-electron chi connectivity index (χ3n) is 4.06. The number of rotatable bonds is 2. The van der Waals surface area contributed by atoms with Gasteiger partial charge < -0.3 is 4.98 Å². The Balaban J connectivity index is 2.37. The minimum Gasteiger partial charge on any atom is -0.354 e. The Hall–Kier alpha value is -2.06. The Bertz CT molecular complexity index is 861. The lowest BCUT2D eigenvalue weighted by atomic mass is 10.0. The number of aryl methyl sites for hydroxylation is 3. The van der Waals surface area contributed by atoms with Crippen molar-refractivity contribution in [2.24, 2.45) is 0 Å². The molecule has 106 valence electrons. The van der Waals surface area contributed by atoms with Gasteiger partial charge in [-0.3, -0.25) is 4.79 Å². The van der Waals surface area contributed by atoms with Crippen LogP contribution in [-0.2, 0) is 0 Å². The minimum atomic E-state index is 0.601. The molecule has 3 rings (SSSR count). The molecule has 0 saturated carbocycles. The lowest BCUT2D eigenvalue weighted by Crippen LogP contribution is -1.87. The number of fused-ring (bicyclic) bond motifs is 1. The average Bonchev–Trinajstić information content (AvgIpc) is 2.86. The van der Waals surface area contributed by atoms with Gasteiger partial charge in [0, 0.05) is 10.9 Å². The van der Waals surface area contributed by atoms with Crippen molar-refractivity contribution < 1.29 is 4.79 Å². The van der Waals surface area contributed by atoms with Gasteiger partial charge in [-0.25, -0.2) is 0 Å². The minimum absolute atomic E-state index is 0.601. The fraction of sp³-hybridized carbons (Fsp3) is 0.167. The first-order valence-corrected chi connectivity index (χ1v) is 7.24. The largest absolute Gasteiger partial charge is 0.354 e. The molecule has 0 spiro atoms. The summed E-state index contributed by atoms with van der Waals surface area (Å²) in [5.74, 6) is 0. The van der Waals surface area contributed by atoms with Crippen molar-refractivity contribution in [1.29, 1.82) is 0 Å². The number of aromatic nitrogens is 1. The van der Waals surface area contributed by atoms with Crippen molar-refractivity contribution in [3.63, 3.8) is 0 Å². The van der Waals surface area contributed by atoms with Crippen molar-refractivity contribution in [3.05, 3.63) is 57.6 Å². The Morgan fingerprint density at radius 3 is 2.38 bits per heavy atom. The third-order valence-corrected chi connectivity index (χ3v) is 4.38. The van der Waals surface area contributed by atoms with E-state index in [0.717, 1.165) is 34.0 Å². The summed E-state index contributed by atoms with van der Waals surface area (Å²) in [6.45, 7) is 6.15. The highest BCUT2D eigenvalue weighted by Gasteiger charge is 2.16. The Kier molecular flexibility index (Phi) is 3.34. The molecule has 0 aliphatic heterocycles. The predicted octanol–water partition coefficient (Wildman–Crippen LogP) is 5.23. The van der Waals surface area contributed by atoms with E-state index in [9.17, 15) is 4.79 Å². The van der Waals surface area contributed by atoms with Gasteiger partial charge in [-0.2, -0.15) is 0 Å². The quantitative estimate of drug-likeness (QED) is 0.646. The highest BCUT2D eigenvalue weighted by atomic mass is 35.5. The number of aldehydes is 1. The van der Waals surface area contributed by atoms with Gasteiger partial charge in [-0.15, -0.1) is 0 Å².